The lowest BCUT2D eigenvalue weighted by Gasteiger charge is -2.32. The standard InChI is InChI=1S/C22H25ClF2N2O/c1-16-8-10-26(11-9-16)12-13-27(15-17-2-5-19(23)6-3-17)22(28)18-4-7-20(24)21(25)14-18/h2-7,14,16H,8-13,15H2,1H3. The lowest BCUT2D eigenvalue weighted by atomic mass is 9.99. The summed E-state index contributed by atoms with van der Waals surface area (Å²) in [5.74, 6) is -1.53. The second-order valence-corrected chi connectivity index (χ2v) is 7.94. The van der Waals surface area contributed by atoms with Crippen molar-refractivity contribution in [2.24, 2.45) is 5.92 Å². The van der Waals surface area contributed by atoms with E-state index >= 15 is 0 Å². The number of benzene rings is 2. The van der Waals surface area contributed by atoms with Gasteiger partial charge in [-0.25, -0.2) is 8.78 Å². The zero-order valence-electron chi connectivity index (χ0n) is 16.0. The minimum absolute atomic E-state index is 0.153. The Morgan fingerprint density at radius 2 is 1.79 bits per heavy atom. The van der Waals surface area contributed by atoms with E-state index in [0.717, 1.165) is 56.1 Å². The normalized spacial score (nSPS) is 15.6. The van der Waals surface area contributed by atoms with Gasteiger partial charge in [0.25, 0.3) is 5.91 Å². The van der Waals surface area contributed by atoms with Crippen molar-refractivity contribution in [3.63, 3.8) is 0 Å². The van der Waals surface area contributed by atoms with Gasteiger partial charge in [0.05, 0.1) is 0 Å². The molecule has 3 nitrogen and oxygen atoms in total. The van der Waals surface area contributed by atoms with Gasteiger partial charge in [0.15, 0.2) is 11.6 Å². The van der Waals surface area contributed by atoms with Gasteiger partial charge >= 0.3 is 0 Å². The van der Waals surface area contributed by atoms with Crippen LogP contribution in [0.15, 0.2) is 42.5 Å². The predicted molar refractivity (Wildman–Crippen MR) is 107 cm³/mol. The monoisotopic (exact) mass is 406 g/mol. The molecule has 0 aromatic heterocycles. The Balaban J connectivity index is 1.73. The van der Waals surface area contributed by atoms with Crippen LogP contribution < -0.4 is 0 Å². The summed E-state index contributed by atoms with van der Waals surface area (Å²) in [7, 11) is 0. The number of carbonyl (C=O) groups excluding carboxylic acids is 1. The first kappa shape index (κ1) is 20.7. The Hall–Kier alpha value is -1.98. The summed E-state index contributed by atoms with van der Waals surface area (Å²) >= 11 is 5.95. The Bertz CT molecular complexity index is 805. The van der Waals surface area contributed by atoms with E-state index in [1.807, 2.05) is 12.1 Å². The van der Waals surface area contributed by atoms with Gasteiger partial charge in [-0.15, -0.1) is 0 Å². The van der Waals surface area contributed by atoms with Gasteiger partial charge in [-0.2, -0.15) is 0 Å². The maximum atomic E-state index is 13.6. The van der Waals surface area contributed by atoms with Crippen molar-refractivity contribution in [3.8, 4) is 0 Å². The molecule has 1 amide bonds. The van der Waals surface area contributed by atoms with E-state index in [4.69, 9.17) is 11.6 Å². The number of hydrogen-bond acceptors (Lipinski definition) is 2. The highest BCUT2D eigenvalue weighted by atomic mass is 35.5. The zero-order valence-corrected chi connectivity index (χ0v) is 16.8. The molecule has 1 aliphatic heterocycles. The molecule has 2 aromatic rings. The van der Waals surface area contributed by atoms with E-state index in [0.29, 0.717) is 18.1 Å². The molecule has 0 bridgehead atoms. The number of likely N-dealkylation sites (tertiary alicyclic amines) is 1. The van der Waals surface area contributed by atoms with Crippen molar-refractivity contribution < 1.29 is 13.6 Å². The molecular formula is C22H25ClF2N2O. The van der Waals surface area contributed by atoms with E-state index in [-0.39, 0.29) is 11.5 Å². The molecule has 1 heterocycles. The van der Waals surface area contributed by atoms with Crippen LogP contribution in [0.2, 0.25) is 5.02 Å². The van der Waals surface area contributed by atoms with Crippen LogP contribution in [0.25, 0.3) is 0 Å². The minimum Gasteiger partial charge on any atom is -0.333 e. The average Bonchev–Trinajstić information content (AvgIpc) is 2.69. The summed E-state index contributed by atoms with van der Waals surface area (Å²) in [6.07, 6.45) is 2.32. The van der Waals surface area contributed by atoms with Gasteiger partial charge in [0, 0.05) is 30.2 Å². The van der Waals surface area contributed by atoms with Crippen LogP contribution in [-0.4, -0.2) is 41.9 Å². The molecule has 0 atom stereocenters. The van der Waals surface area contributed by atoms with Gasteiger partial charge in [0.2, 0.25) is 0 Å². The summed E-state index contributed by atoms with van der Waals surface area (Å²) in [4.78, 5) is 17.0. The number of rotatable bonds is 6. The third kappa shape index (κ3) is 5.52. The first-order chi connectivity index (χ1) is 13.4. The van der Waals surface area contributed by atoms with Crippen LogP contribution in [-0.2, 0) is 6.54 Å². The van der Waals surface area contributed by atoms with Gasteiger partial charge in [-0.05, 0) is 67.7 Å². The number of nitrogens with zero attached hydrogens (tertiary/aromatic N) is 2. The van der Waals surface area contributed by atoms with Gasteiger partial charge < -0.3 is 9.80 Å². The second kappa shape index (κ2) is 9.48. The summed E-state index contributed by atoms with van der Waals surface area (Å²) in [6.45, 7) is 5.98. The van der Waals surface area contributed by atoms with Crippen LogP contribution in [0.4, 0.5) is 8.78 Å². The molecule has 0 N–H and O–H groups in total. The van der Waals surface area contributed by atoms with Gasteiger partial charge in [-0.3, -0.25) is 4.79 Å². The molecule has 1 aliphatic rings. The van der Waals surface area contributed by atoms with E-state index in [9.17, 15) is 13.6 Å². The lowest BCUT2D eigenvalue weighted by molar-refractivity contribution is 0.0708. The van der Waals surface area contributed by atoms with Crippen LogP contribution in [0.5, 0.6) is 0 Å². The summed E-state index contributed by atoms with van der Waals surface area (Å²) in [5.41, 5.74) is 1.09. The largest absolute Gasteiger partial charge is 0.333 e. The van der Waals surface area contributed by atoms with Crippen LogP contribution in [0, 0.1) is 17.6 Å². The fourth-order valence-electron chi connectivity index (χ4n) is 3.42. The highest BCUT2D eigenvalue weighted by molar-refractivity contribution is 6.30. The van der Waals surface area contributed by atoms with E-state index in [1.54, 1.807) is 17.0 Å². The molecule has 0 saturated carbocycles. The highest BCUT2D eigenvalue weighted by Crippen LogP contribution is 2.18. The molecule has 0 unspecified atom stereocenters. The molecular weight excluding hydrogens is 382 g/mol. The predicted octanol–water partition coefficient (Wildman–Crippen LogP) is 4.99. The van der Waals surface area contributed by atoms with Crippen molar-refractivity contribution in [2.75, 3.05) is 26.2 Å². The Morgan fingerprint density at radius 1 is 1.11 bits per heavy atom. The molecule has 1 saturated heterocycles. The van der Waals surface area contributed by atoms with Gasteiger partial charge in [-0.1, -0.05) is 30.7 Å². The third-order valence-corrected chi connectivity index (χ3v) is 5.55. The number of carbonyl (C=O) groups is 1. The zero-order chi connectivity index (χ0) is 20.1. The van der Waals surface area contributed by atoms with E-state index < -0.39 is 11.6 Å². The fourth-order valence-corrected chi connectivity index (χ4v) is 3.55. The van der Waals surface area contributed by atoms with E-state index in [1.165, 1.54) is 6.07 Å². The lowest BCUT2D eigenvalue weighted by Crippen LogP contribution is -2.41. The molecule has 0 aliphatic carbocycles. The molecule has 28 heavy (non-hydrogen) atoms. The Labute approximate surface area is 169 Å². The number of piperidine rings is 1. The van der Waals surface area contributed by atoms with Crippen LogP contribution in [0.1, 0.15) is 35.7 Å². The van der Waals surface area contributed by atoms with Crippen molar-refractivity contribution in [1.29, 1.82) is 0 Å². The number of amides is 1. The van der Waals surface area contributed by atoms with Crippen molar-refractivity contribution in [3.05, 3.63) is 70.2 Å². The maximum absolute atomic E-state index is 13.6. The molecule has 6 heteroatoms. The minimum atomic E-state index is -1.01. The summed E-state index contributed by atoms with van der Waals surface area (Å²) in [6, 6.07) is 10.6. The second-order valence-electron chi connectivity index (χ2n) is 7.51. The van der Waals surface area contributed by atoms with Crippen LogP contribution in [0.3, 0.4) is 0 Å². The van der Waals surface area contributed by atoms with Crippen molar-refractivity contribution in [1.82, 2.24) is 9.80 Å². The maximum Gasteiger partial charge on any atom is 0.254 e. The van der Waals surface area contributed by atoms with Crippen LogP contribution >= 0.6 is 11.6 Å². The SMILES string of the molecule is CC1CCN(CCN(Cc2ccc(Cl)cc2)C(=O)c2ccc(F)c(F)c2)CC1. The van der Waals surface area contributed by atoms with Gasteiger partial charge in [0.1, 0.15) is 0 Å². The topological polar surface area (TPSA) is 23.6 Å². The molecule has 2 aromatic carbocycles. The van der Waals surface area contributed by atoms with Crippen molar-refractivity contribution in [2.45, 2.75) is 26.3 Å². The summed E-state index contributed by atoms with van der Waals surface area (Å²) in [5, 5.41) is 0.629. The average molecular weight is 407 g/mol. The Kier molecular flexibility index (Phi) is 7.03. The smallest absolute Gasteiger partial charge is 0.254 e. The summed E-state index contributed by atoms with van der Waals surface area (Å²) < 4.78 is 26.9. The quantitative estimate of drug-likeness (QED) is 0.674. The highest BCUT2D eigenvalue weighted by Gasteiger charge is 2.21. The first-order valence-corrected chi connectivity index (χ1v) is 10.0. The fraction of sp³-hybridized carbons (Fsp3) is 0.409. The molecule has 1 fully saturated rings. The molecule has 0 radical (unpaired) electrons. The van der Waals surface area contributed by atoms with Crippen molar-refractivity contribution >= 4 is 17.5 Å². The number of hydrogen-bond donors (Lipinski definition) is 0. The third-order valence-electron chi connectivity index (χ3n) is 5.30. The first-order valence-electron chi connectivity index (χ1n) is 9.63. The molecule has 3 rings (SSSR count). The molecule has 0 spiro atoms. The Morgan fingerprint density at radius 3 is 2.43 bits per heavy atom. The molecule has 150 valence electrons. The van der Waals surface area contributed by atoms with E-state index in [2.05, 4.69) is 11.8 Å². The number of halogens is 3.